The molecule has 0 heterocycles. The molecule has 1 aromatic carbocycles. The molecular weight excluding hydrogens is 244 g/mol. The molecule has 20 heavy (non-hydrogen) atoms. The fourth-order valence-electron chi connectivity index (χ4n) is 3.35. The highest BCUT2D eigenvalue weighted by molar-refractivity contribution is 5.41. The van der Waals surface area contributed by atoms with Gasteiger partial charge in [-0.1, -0.05) is 38.8 Å². The van der Waals surface area contributed by atoms with E-state index in [0.29, 0.717) is 6.04 Å². The maximum absolute atomic E-state index is 5.95. The molecule has 0 amide bonds. The van der Waals surface area contributed by atoms with E-state index in [-0.39, 0.29) is 0 Å². The first-order valence-corrected chi connectivity index (χ1v) is 8.19. The van der Waals surface area contributed by atoms with Gasteiger partial charge in [-0.2, -0.15) is 0 Å². The van der Waals surface area contributed by atoms with Gasteiger partial charge < -0.3 is 5.73 Å². The van der Waals surface area contributed by atoms with Crippen molar-refractivity contribution in [1.29, 1.82) is 0 Å². The predicted octanol–water partition coefficient (Wildman–Crippen LogP) is 4.62. The van der Waals surface area contributed by atoms with Crippen molar-refractivity contribution in [2.75, 3.05) is 12.3 Å². The van der Waals surface area contributed by atoms with Crippen LogP contribution in [0.1, 0.15) is 64.5 Å². The van der Waals surface area contributed by atoms with E-state index in [1.807, 2.05) is 6.07 Å². The van der Waals surface area contributed by atoms with Gasteiger partial charge in [0.2, 0.25) is 0 Å². The Balaban J connectivity index is 2.11. The van der Waals surface area contributed by atoms with Crippen LogP contribution in [0.4, 0.5) is 5.69 Å². The van der Waals surface area contributed by atoms with Crippen molar-refractivity contribution in [3.05, 3.63) is 29.8 Å². The molecule has 1 aliphatic rings. The van der Waals surface area contributed by atoms with Crippen molar-refractivity contribution in [3.8, 4) is 0 Å². The van der Waals surface area contributed by atoms with Gasteiger partial charge in [-0.05, 0) is 56.3 Å². The molecule has 0 radical (unpaired) electrons. The number of benzene rings is 1. The Bertz CT molecular complexity index is 408. The molecule has 1 unspecified atom stereocenters. The third-order valence-corrected chi connectivity index (χ3v) is 4.65. The number of hydrogen-bond acceptors (Lipinski definition) is 2. The molecule has 112 valence electrons. The lowest BCUT2D eigenvalue weighted by molar-refractivity contribution is 0.137. The lowest BCUT2D eigenvalue weighted by atomic mass is 10.0. The summed E-state index contributed by atoms with van der Waals surface area (Å²) in [5, 5.41) is 0. The van der Waals surface area contributed by atoms with Crippen molar-refractivity contribution in [3.63, 3.8) is 0 Å². The molecule has 0 bridgehead atoms. The van der Waals surface area contributed by atoms with E-state index in [0.717, 1.165) is 17.6 Å². The van der Waals surface area contributed by atoms with E-state index in [4.69, 9.17) is 5.73 Å². The second kappa shape index (κ2) is 7.12. The van der Waals surface area contributed by atoms with Crippen LogP contribution in [0.3, 0.4) is 0 Å². The number of nitrogens with two attached hydrogens (primary N) is 1. The fraction of sp³-hybridized carbons (Fsp3) is 0.667. The Morgan fingerprint density at radius 2 is 1.90 bits per heavy atom. The molecule has 0 saturated heterocycles. The lowest BCUT2D eigenvalue weighted by Gasteiger charge is -2.35. The largest absolute Gasteiger partial charge is 0.399 e. The first-order valence-electron chi connectivity index (χ1n) is 8.19. The number of nitrogens with zero attached hydrogens (tertiary/aromatic N) is 1. The summed E-state index contributed by atoms with van der Waals surface area (Å²) < 4.78 is 0. The molecule has 0 aliphatic heterocycles. The molecule has 1 aliphatic carbocycles. The Kier molecular flexibility index (Phi) is 5.47. The number of anilines is 1. The third-order valence-electron chi connectivity index (χ3n) is 4.65. The summed E-state index contributed by atoms with van der Waals surface area (Å²) in [5.74, 6) is 0.770. The quantitative estimate of drug-likeness (QED) is 0.767. The van der Waals surface area contributed by atoms with Crippen molar-refractivity contribution >= 4 is 5.69 Å². The maximum atomic E-state index is 5.95. The summed E-state index contributed by atoms with van der Waals surface area (Å²) in [6.07, 6.45) is 6.80. The van der Waals surface area contributed by atoms with Crippen LogP contribution in [-0.2, 0) is 0 Å². The van der Waals surface area contributed by atoms with Crippen LogP contribution in [0.25, 0.3) is 0 Å². The molecule has 2 heteroatoms. The zero-order valence-corrected chi connectivity index (χ0v) is 13.3. The summed E-state index contributed by atoms with van der Waals surface area (Å²) in [5.41, 5.74) is 8.19. The smallest absolute Gasteiger partial charge is 0.0323 e. The first-order chi connectivity index (χ1) is 9.58. The highest BCUT2D eigenvalue weighted by atomic mass is 15.2. The monoisotopic (exact) mass is 274 g/mol. The Morgan fingerprint density at radius 1 is 1.20 bits per heavy atom. The van der Waals surface area contributed by atoms with Gasteiger partial charge in [0, 0.05) is 17.8 Å². The van der Waals surface area contributed by atoms with Crippen molar-refractivity contribution in [2.45, 2.75) is 65.0 Å². The van der Waals surface area contributed by atoms with Crippen molar-refractivity contribution < 1.29 is 0 Å². The van der Waals surface area contributed by atoms with Crippen LogP contribution >= 0.6 is 0 Å². The second-order valence-electron chi connectivity index (χ2n) is 6.70. The molecule has 0 spiro atoms. The normalized spacial score (nSPS) is 18.1. The van der Waals surface area contributed by atoms with Crippen molar-refractivity contribution in [2.24, 2.45) is 5.92 Å². The average Bonchev–Trinajstić information content (AvgIpc) is 2.92. The van der Waals surface area contributed by atoms with Crippen LogP contribution in [0.15, 0.2) is 24.3 Å². The molecule has 1 aromatic rings. The standard InChI is InChI=1S/C18H30N2/c1-14(2)11-12-20(18-9-4-5-10-18)15(3)16-7-6-8-17(19)13-16/h6-8,13-15,18H,4-5,9-12,19H2,1-3H3. The summed E-state index contributed by atoms with van der Waals surface area (Å²) in [4.78, 5) is 2.72. The van der Waals surface area contributed by atoms with Crippen molar-refractivity contribution in [1.82, 2.24) is 4.90 Å². The van der Waals surface area contributed by atoms with E-state index in [2.05, 4.69) is 43.9 Å². The summed E-state index contributed by atoms with van der Waals surface area (Å²) in [6.45, 7) is 8.18. The number of hydrogen-bond donors (Lipinski definition) is 1. The minimum absolute atomic E-state index is 0.473. The van der Waals surface area contributed by atoms with E-state index < -0.39 is 0 Å². The Labute approximate surface area is 124 Å². The van der Waals surface area contributed by atoms with E-state index in [9.17, 15) is 0 Å². The number of rotatable bonds is 6. The predicted molar refractivity (Wildman–Crippen MR) is 87.7 cm³/mol. The summed E-state index contributed by atoms with van der Waals surface area (Å²) in [7, 11) is 0. The van der Waals surface area contributed by atoms with Gasteiger partial charge in [0.15, 0.2) is 0 Å². The molecule has 1 atom stereocenters. The second-order valence-corrected chi connectivity index (χ2v) is 6.70. The molecule has 2 nitrogen and oxygen atoms in total. The van der Waals surface area contributed by atoms with Gasteiger partial charge >= 0.3 is 0 Å². The highest BCUT2D eigenvalue weighted by Crippen LogP contribution is 2.32. The topological polar surface area (TPSA) is 29.3 Å². The molecule has 2 rings (SSSR count). The van der Waals surface area contributed by atoms with Crippen LogP contribution in [0.2, 0.25) is 0 Å². The molecular formula is C18H30N2. The molecule has 0 aromatic heterocycles. The SMILES string of the molecule is CC(C)CCN(C1CCCC1)C(C)c1cccc(N)c1. The van der Waals surface area contributed by atoms with Crippen LogP contribution in [0, 0.1) is 5.92 Å². The van der Waals surface area contributed by atoms with Gasteiger partial charge in [0.05, 0.1) is 0 Å². The van der Waals surface area contributed by atoms with Gasteiger partial charge in [-0.15, -0.1) is 0 Å². The average molecular weight is 274 g/mol. The minimum Gasteiger partial charge on any atom is -0.399 e. The van der Waals surface area contributed by atoms with Crippen LogP contribution < -0.4 is 5.73 Å². The molecule has 1 saturated carbocycles. The van der Waals surface area contributed by atoms with Gasteiger partial charge in [-0.25, -0.2) is 0 Å². The van der Waals surface area contributed by atoms with Crippen LogP contribution in [-0.4, -0.2) is 17.5 Å². The van der Waals surface area contributed by atoms with E-state index in [1.165, 1.54) is 44.2 Å². The Hall–Kier alpha value is -1.02. The van der Waals surface area contributed by atoms with E-state index >= 15 is 0 Å². The zero-order valence-electron chi connectivity index (χ0n) is 13.3. The molecule has 2 N–H and O–H groups in total. The third kappa shape index (κ3) is 3.99. The van der Waals surface area contributed by atoms with Crippen LogP contribution in [0.5, 0.6) is 0 Å². The number of nitrogen functional groups attached to an aromatic ring is 1. The molecule has 1 fully saturated rings. The zero-order chi connectivity index (χ0) is 14.5. The Morgan fingerprint density at radius 3 is 2.50 bits per heavy atom. The highest BCUT2D eigenvalue weighted by Gasteiger charge is 2.27. The fourth-order valence-corrected chi connectivity index (χ4v) is 3.35. The van der Waals surface area contributed by atoms with Gasteiger partial charge in [-0.3, -0.25) is 4.90 Å². The summed E-state index contributed by atoms with van der Waals surface area (Å²) >= 11 is 0. The minimum atomic E-state index is 0.473. The summed E-state index contributed by atoms with van der Waals surface area (Å²) in [6, 6.07) is 9.66. The van der Waals surface area contributed by atoms with E-state index in [1.54, 1.807) is 0 Å². The van der Waals surface area contributed by atoms with Gasteiger partial charge in [0.25, 0.3) is 0 Å². The maximum Gasteiger partial charge on any atom is 0.0323 e. The lowest BCUT2D eigenvalue weighted by Crippen LogP contribution is -2.37. The first kappa shape index (κ1) is 15.4. The van der Waals surface area contributed by atoms with Gasteiger partial charge in [0.1, 0.15) is 0 Å².